The van der Waals surface area contributed by atoms with Crippen molar-refractivity contribution in [1.29, 1.82) is 0 Å². The number of nitrogens with two attached hydrogens (primary N) is 1. The first kappa shape index (κ1) is 20.1. The van der Waals surface area contributed by atoms with E-state index in [9.17, 15) is 9.59 Å². The number of carboxylic acid groups (broad SMARTS) is 2. The maximum Gasteiger partial charge on any atom is 0.320 e. The van der Waals surface area contributed by atoms with Gasteiger partial charge in [-0.05, 0) is 19.4 Å². The van der Waals surface area contributed by atoms with Crippen molar-refractivity contribution in [2.45, 2.75) is 25.0 Å². The first-order chi connectivity index (χ1) is 8.88. The van der Waals surface area contributed by atoms with Gasteiger partial charge in [0.05, 0.1) is 19.8 Å². The minimum absolute atomic E-state index is 0.269. The van der Waals surface area contributed by atoms with E-state index in [-0.39, 0.29) is 25.8 Å². The molecule has 1 heterocycles. The van der Waals surface area contributed by atoms with Crippen molar-refractivity contribution in [1.82, 2.24) is 5.32 Å². The molecule has 1 fully saturated rings. The van der Waals surface area contributed by atoms with Crippen molar-refractivity contribution >= 4 is 11.9 Å². The van der Waals surface area contributed by atoms with Gasteiger partial charge in [-0.2, -0.15) is 0 Å². The molecule has 1 saturated heterocycles. The van der Waals surface area contributed by atoms with Crippen LogP contribution in [0.1, 0.15) is 12.8 Å². The summed E-state index contributed by atoms with van der Waals surface area (Å²) in [5.74, 6) is -1.69. The lowest BCUT2D eigenvalue weighted by Gasteiger charge is -1.99. The van der Waals surface area contributed by atoms with Crippen LogP contribution in [-0.4, -0.2) is 75.9 Å². The third kappa shape index (κ3) is 14.7. The van der Waals surface area contributed by atoms with E-state index in [4.69, 9.17) is 25.5 Å². The number of carbonyl (C=O) groups is 2. The monoisotopic (exact) mass is 282 g/mol. The first-order valence-electron chi connectivity index (χ1n) is 5.66. The van der Waals surface area contributed by atoms with E-state index in [0.717, 1.165) is 19.4 Å². The number of aliphatic carboxylic acids is 2. The second kappa shape index (κ2) is 13.2. The highest BCUT2D eigenvalue weighted by Gasteiger charge is 2.20. The number of hydrogen-bond donors (Lipinski definition) is 7. The lowest BCUT2D eigenvalue weighted by Crippen LogP contribution is -2.29. The van der Waals surface area contributed by atoms with Gasteiger partial charge in [0.25, 0.3) is 0 Å². The van der Waals surface area contributed by atoms with E-state index in [1.165, 1.54) is 0 Å². The normalized spacial score (nSPS) is 17.0. The third-order valence-electron chi connectivity index (χ3n) is 1.95. The SMILES string of the molecule is NCC(=O)O.O=C(O)[C@@H]1CCCN1.OCC(O)CO. The fourth-order valence-corrected chi connectivity index (χ4v) is 0.953. The van der Waals surface area contributed by atoms with Crippen molar-refractivity contribution in [3.63, 3.8) is 0 Å². The molecule has 0 unspecified atom stereocenters. The Morgan fingerprint density at radius 3 is 1.84 bits per heavy atom. The Kier molecular flexibility index (Phi) is 13.9. The zero-order valence-corrected chi connectivity index (χ0v) is 10.5. The number of rotatable bonds is 4. The molecule has 1 atom stereocenters. The van der Waals surface area contributed by atoms with Crippen LogP contribution in [0.2, 0.25) is 0 Å². The summed E-state index contributed by atoms with van der Waals surface area (Å²) in [7, 11) is 0. The van der Waals surface area contributed by atoms with Gasteiger partial charge >= 0.3 is 11.9 Å². The van der Waals surface area contributed by atoms with Gasteiger partial charge in [-0.1, -0.05) is 0 Å². The molecule has 1 rings (SSSR count). The number of hydrogen-bond acceptors (Lipinski definition) is 7. The Morgan fingerprint density at radius 2 is 1.74 bits per heavy atom. The molecular weight excluding hydrogens is 260 g/mol. The Bertz CT molecular complexity index is 240. The van der Waals surface area contributed by atoms with Crippen LogP contribution in [0, 0.1) is 0 Å². The molecule has 0 saturated carbocycles. The number of aliphatic hydroxyl groups excluding tert-OH is 3. The quantitative estimate of drug-likeness (QED) is 0.287. The van der Waals surface area contributed by atoms with Crippen LogP contribution in [0.25, 0.3) is 0 Å². The van der Waals surface area contributed by atoms with E-state index in [1.54, 1.807) is 0 Å². The number of carboxylic acids is 2. The second-order valence-electron chi connectivity index (χ2n) is 3.60. The summed E-state index contributed by atoms with van der Waals surface area (Å²) in [6, 6.07) is -0.269. The molecule has 0 bridgehead atoms. The molecule has 1 aliphatic heterocycles. The van der Waals surface area contributed by atoms with Gasteiger partial charge in [-0.25, -0.2) is 0 Å². The van der Waals surface area contributed by atoms with Crippen LogP contribution in [0.15, 0.2) is 0 Å². The largest absolute Gasteiger partial charge is 0.480 e. The summed E-state index contributed by atoms with van der Waals surface area (Å²) in [4.78, 5) is 19.4. The lowest BCUT2D eigenvalue weighted by molar-refractivity contribution is -0.139. The summed E-state index contributed by atoms with van der Waals surface area (Å²) in [6.07, 6.45) is 0.830. The minimum atomic E-state index is -0.968. The molecule has 0 aromatic carbocycles. The fourth-order valence-electron chi connectivity index (χ4n) is 0.953. The van der Waals surface area contributed by atoms with Crippen molar-refractivity contribution < 1.29 is 35.1 Å². The van der Waals surface area contributed by atoms with Gasteiger partial charge in [-0.3, -0.25) is 9.59 Å². The minimum Gasteiger partial charge on any atom is -0.480 e. The van der Waals surface area contributed by atoms with Gasteiger partial charge < -0.3 is 36.6 Å². The average molecular weight is 282 g/mol. The smallest absolute Gasteiger partial charge is 0.320 e. The van der Waals surface area contributed by atoms with Crippen LogP contribution in [-0.2, 0) is 9.59 Å². The zero-order chi connectivity index (χ0) is 15.3. The Balaban J connectivity index is 0. The lowest BCUT2D eigenvalue weighted by atomic mass is 10.2. The summed E-state index contributed by atoms with van der Waals surface area (Å²) in [5.41, 5.74) is 4.57. The van der Waals surface area contributed by atoms with Gasteiger partial charge in [-0.15, -0.1) is 0 Å². The summed E-state index contributed by atoms with van der Waals surface area (Å²) in [6.45, 7) is -0.149. The highest BCUT2D eigenvalue weighted by atomic mass is 16.4. The van der Waals surface area contributed by atoms with Gasteiger partial charge in [0, 0.05) is 0 Å². The molecular formula is C10H22N2O7. The van der Waals surface area contributed by atoms with Crippen molar-refractivity contribution in [3.8, 4) is 0 Å². The summed E-state index contributed by atoms with van der Waals surface area (Å²) in [5, 5.41) is 42.8. The highest BCUT2D eigenvalue weighted by molar-refractivity contribution is 5.73. The summed E-state index contributed by atoms with van der Waals surface area (Å²) >= 11 is 0. The third-order valence-corrected chi connectivity index (χ3v) is 1.95. The van der Waals surface area contributed by atoms with Gasteiger partial charge in [0.1, 0.15) is 12.1 Å². The highest BCUT2D eigenvalue weighted by Crippen LogP contribution is 2.03. The van der Waals surface area contributed by atoms with E-state index in [0.29, 0.717) is 0 Å². The van der Waals surface area contributed by atoms with Crippen molar-refractivity contribution in [3.05, 3.63) is 0 Å². The van der Waals surface area contributed by atoms with Crippen molar-refractivity contribution in [2.75, 3.05) is 26.3 Å². The molecule has 0 aromatic rings. The maximum atomic E-state index is 10.1. The molecule has 0 aliphatic carbocycles. The van der Waals surface area contributed by atoms with E-state index >= 15 is 0 Å². The predicted octanol–water partition coefficient (Wildman–Crippen LogP) is -2.82. The molecule has 0 amide bonds. The average Bonchev–Trinajstić information content (AvgIpc) is 2.93. The van der Waals surface area contributed by atoms with E-state index < -0.39 is 18.0 Å². The molecule has 114 valence electrons. The van der Waals surface area contributed by atoms with Crippen LogP contribution in [0.3, 0.4) is 0 Å². The van der Waals surface area contributed by atoms with Crippen LogP contribution in [0.4, 0.5) is 0 Å². The Hall–Kier alpha value is -1.26. The Morgan fingerprint density at radius 1 is 1.26 bits per heavy atom. The van der Waals surface area contributed by atoms with Crippen LogP contribution >= 0.6 is 0 Å². The van der Waals surface area contributed by atoms with Gasteiger partial charge in [0.2, 0.25) is 0 Å². The Labute approximate surface area is 110 Å². The molecule has 0 spiro atoms. The number of nitrogens with one attached hydrogen (secondary N) is 1. The van der Waals surface area contributed by atoms with Crippen LogP contribution < -0.4 is 11.1 Å². The van der Waals surface area contributed by atoms with Crippen molar-refractivity contribution in [2.24, 2.45) is 5.73 Å². The standard InChI is InChI=1S/C5H9NO2.C3H8O3.C2H5NO2/c7-5(8)4-2-1-3-6-4;4-1-3(6)2-5;3-1-2(4)5/h4,6H,1-3H2,(H,7,8);3-6H,1-2H2;1,3H2,(H,4,5)/t4-;;/m0../s1. The molecule has 8 N–H and O–H groups in total. The molecule has 9 nitrogen and oxygen atoms in total. The van der Waals surface area contributed by atoms with Crippen LogP contribution in [0.5, 0.6) is 0 Å². The fraction of sp³-hybridized carbons (Fsp3) is 0.800. The molecule has 0 aromatic heterocycles. The predicted molar refractivity (Wildman–Crippen MR) is 65.5 cm³/mol. The maximum absolute atomic E-state index is 10.1. The second-order valence-corrected chi connectivity index (χ2v) is 3.60. The van der Waals surface area contributed by atoms with E-state index in [2.05, 4.69) is 11.1 Å². The zero-order valence-electron chi connectivity index (χ0n) is 10.5. The first-order valence-corrected chi connectivity index (χ1v) is 5.66. The van der Waals surface area contributed by atoms with Gasteiger partial charge in [0.15, 0.2) is 0 Å². The molecule has 9 heteroatoms. The van der Waals surface area contributed by atoms with E-state index in [1.807, 2.05) is 0 Å². The molecule has 0 radical (unpaired) electrons. The molecule has 19 heavy (non-hydrogen) atoms. The number of aliphatic hydroxyl groups is 3. The molecule has 1 aliphatic rings. The topological polar surface area (TPSA) is 173 Å². The summed E-state index contributed by atoms with van der Waals surface area (Å²) < 4.78 is 0.